The molecular weight excluding hydrogens is 240 g/mol. The van der Waals surface area contributed by atoms with Gasteiger partial charge in [-0.15, -0.1) is 0 Å². The van der Waals surface area contributed by atoms with Gasteiger partial charge < -0.3 is 15.8 Å². The summed E-state index contributed by atoms with van der Waals surface area (Å²) >= 11 is 0. The number of aromatic nitrogens is 2. The first-order chi connectivity index (χ1) is 9.06. The zero-order valence-electron chi connectivity index (χ0n) is 12.0. The fourth-order valence-corrected chi connectivity index (χ4v) is 3.06. The van der Waals surface area contributed by atoms with Gasteiger partial charge in [-0.05, 0) is 31.1 Å². The van der Waals surface area contributed by atoms with Gasteiger partial charge in [0, 0.05) is 19.2 Å². The Hall–Kier alpha value is -1.36. The van der Waals surface area contributed by atoms with Gasteiger partial charge in [-0.2, -0.15) is 0 Å². The van der Waals surface area contributed by atoms with E-state index in [0.717, 1.165) is 17.7 Å². The van der Waals surface area contributed by atoms with Gasteiger partial charge >= 0.3 is 0 Å². The molecule has 5 heteroatoms. The maximum Gasteiger partial charge on any atom is 0.158 e. The minimum Gasteiger partial charge on any atom is -0.384 e. The van der Waals surface area contributed by atoms with Crippen LogP contribution in [0.2, 0.25) is 0 Å². The molecule has 3 N–H and O–H groups in total. The highest BCUT2D eigenvalue weighted by molar-refractivity contribution is 5.45. The Morgan fingerprint density at radius 3 is 2.58 bits per heavy atom. The zero-order chi connectivity index (χ0) is 13.8. The van der Waals surface area contributed by atoms with E-state index in [4.69, 9.17) is 10.5 Å². The van der Waals surface area contributed by atoms with E-state index in [2.05, 4.69) is 29.1 Å². The van der Waals surface area contributed by atoms with E-state index >= 15 is 0 Å². The summed E-state index contributed by atoms with van der Waals surface area (Å²) in [7, 11) is 1.63. The van der Waals surface area contributed by atoms with E-state index in [0.29, 0.717) is 24.3 Å². The van der Waals surface area contributed by atoms with Gasteiger partial charge in [0.15, 0.2) is 5.82 Å². The van der Waals surface area contributed by atoms with Crippen LogP contribution in [0.4, 0.5) is 11.6 Å². The van der Waals surface area contributed by atoms with E-state index in [1.807, 2.05) is 0 Å². The molecule has 1 aromatic rings. The van der Waals surface area contributed by atoms with Gasteiger partial charge in [-0.3, -0.25) is 0 Å². The lowest BCUT2D eigenvalue weighted by atomic mass is 9.80. The lowest BCUT2D eigenvalue weighted by Crippen LogP contribution is -2.30. The summed E-state index contributed by atoms with van der Waals surface area (Å²) in [4.78, 5) is 8.59. The highest BCUT2D eigenvalue weighted by atomic mass is 16.5. The van der Waals surface area contributed by atoms with Crippen molar-refractivity contribution in [1.29, 1.82) is 0 Å². The van der Waals surface area contributed by atoms with E-state index in [1.54, 1.807) is 13.2 Å². The van der Waals surface area contributed by atoms with E-state index in [-0.39, 0.29) is 0 Å². The molecule has 0 aliphatic heterocycles. The van der Waals surface area contributed by atoms with Crippen LogP contribution in [0.3, 0.4) is 0 Å². The first-order valence-electron chi connectivity index (χ1n) is 6.95. The number of rotatable bonds is 4. The van der Waals surface area contributed by atoms with Crippen molar-refractivity contribution in [3.63, 3.8) is 0 Å². The van der Waals surface area contributed by atoms with Crippen molar-refractivity contribution in [2.24, 2.45) is 11.8 Å². The molecule has 0 aromatic carbocycles. The standard InChI is InChI=1S/C14H24N4O/c1-9-4-10(2)6-11(5-9)16-13-7-12(15)17-14(18-13)8-19-3/h7,9-11H,4-6,8H2,1-3H3,(H3,15,16,17,18). The number of nitrogens with one attached hydrogen (secondary N) is 1. The minimum atomic E-state index is 0.386. The summed E-state index contributed by atoms with van der Waals surface area (Å²) < 4.78 is 5.05. The number of methoxy groups -OCH3 is 1. The normalized spacial score (nSPS) is 27.2. The second-order valence-electron chi connectivity index (χ2n) is 5.79. The molecule has 1 saturated carbocycles. The Kier molecular flexibility index (Phi) is 4.58. The molecule has 2 atom stereocenters. The Bertz CT molecular complexity index is 414. The lowest BCUT2D eigenvalue weighted by molar-refractivity contribution is 0.178. The van der Waals surface area contributed by atoms with Gasteiger partial charge in [-0.1, -0.05) is 13.8 Å². The van der Waals surface area contributed by atoms with Crippen molar-refractivity contribution in [3.05, 3.63) is 11.9 Å². The molecular formula is C14H24N4O. The third-order valence-corrected chi connectivity index (χ3v) is 3.60. The molecule has 0 saturated heterocycles. The Morgan fingerprint density at radius 2 is 1.95 bits per heavy atom. The highest BCUT2D eigenvalue weighted by Crippen LogP contribution is 2.30. The molecule has 2 rings (SSSR count). The van der Waals surface area contributed by atoms with Crippen LogP contribution < -0.4 is 11.1 Å². The van der Waals surface area contributed by atoms with Gasteiger partial charge in [-0.25, -0.2) is 9.97 Å². The summed E-state index contributed by atoms with van der Waals surface area (Å²) in [5, 5.41) is 3.49. The molecule has 0 bridgehead atoms. The van der Waals surface area contributed by atoms with E-state index in [1.165, 1.54) is 19.3 Å². The molecule has 19 heavy (non-hydrogen) atoms. The summed E-state index contributed by atoms with van der Waals surface area (Å²) in [5.74, 6) is 3.45. The van der Waals surface area contributed by atoms with Gasteiger partial charge in [0.2, 0.25) is 0 Å². The quantitative estimate of drug-likeness (QED) is 0.874. The first-order valence-corrected chi connectivity index (χ1v) is 6.95. The van der Waals surface area contributed by atoms with Crippen LogP contribution in [-0.2, 0) is 11.3 Å². The molecule has 0 radical (unpaired) electrons. The van der Waals surface area contributed by atoms with Gasteiger partial charge in [0.1, 0.15) is 18.2 Å². The highest BCUT2D eigenvalue weighted by Gasteiger charge is 2.24. The molecule has 1 aromatic heterocycles. The zero-order valence-corrected chi connectivity index (χ0v) is 12.0. The largest absolute Gasteiger partial charge is 0.384 e. The van der Waals surface area contributed by atoms with Gasteiger partial charge in [0.25, 0.3) is 0 Å². The third kappa shape index (κ3) is 4.06. The number of nitrogens with two attached hydrogens (primary N) is 1. The maximum atomic E-state index is 5.80. The van der Waals surface area contributed by atoms with Crippen molar-refractivity contribution in [1.82, 2.24) is 9.97 Å². The van der Waals surface area contributed by atoms with Crippen LogP contribution in [-0.4, -0.2) is 23.1 Å². The summed E-state index contributed by atoms with van der Waals surface area (Å²) in [6.07, 6.45) is 3.70. The van der Waals surface area contributed by atoms with Crippen LogP contribution in [0.25, 0.3) is 0 Å². The monoisotopic (exact) mass is 264 g/mol. The predicted octanol–water partition coefficient (Wildman–Crippen LogP) is 2.44. The lowest BCUT2D eigenvalue weighted by Gasteiger charge is -2.32. The number of hydrogen-bond donors (Lipinski definition) is 2. The molecule has 1 aliphatic carbocycles. The molecule has 0 amide bonds. The van der Waals surface area contributed by atoms with Crippen molar-refractivity contribution >= 4 is 11.6 Å². The Labute approximate surface area is 115 Å². The van der Waals surface area contributed by atoms with Crippen LogP contribution in [0.1, 0.15) is 38.9 Å². The van der Waals surface area contributed by atoms with E-state index < -0.39 is 0 Å². The topological polar surface area (TPSA) is 73.1 Å². The fraction of sp³-hybridized carbons (Fsp3) is 0.714. The summed E-state index contributed by atoms with van der Waals surface area (Å²) in [6, 6.07) is 2.27. The number of nitrogens with zero attached hydrogens (tertiary/aromatic N) is 2. The molecule has 5 nitrogen and oxygen atoms in total. The average Bonchev–Trinajstić information content (AvgIpc) is 2.26. The minimum absolute atomic E-state index is 0.386. The molecule has 1 fully saturated rings. The van der Waals surface area contributed by atoms with Crippen LogP contribution in [0.5, 0.6) is 0 Å². The third-order valence-electron chi connectivity index (χ3n) is 3.60. The summed E-state index contributed by atoms with van der Waals surface area (Å²) in [6.45, 7) is 5.02. The average molecular weight is 264 g/mol. The van der Waals surface area contributed by atoms with Crippen LogP contribution in [0.15, 0.2) is 6.07 Å². The van der Waals surface area contributed by atoms with E-state index in [9.17, 15) is 0 Å². The number of nitrogen functional groups attached to an aromatic ring is 1. The molecule has 0 spiro atoms. The molecule has 106 valence electrons. The first kappa shape index (κ1) is 14.1. The number of ether oxygens (including phenoxy) is 1. The molecule has 2 unspecified atom stereocenters. The SMILES string of the molecule is COCc1nc(N)cc(NC2CC(C)CC(C)C2)n1. The van der Waals surface area contributed by atoms with Crippen LogP contribution in [0, 0.1) is 11.8 Å². The fourth-order valence-electron chi connectivity index (χ4n) is 3.06. The molecule has 1 aliphatic rings. The number of hydrogen-bond acceptors (Lipinski definition) is 5. The second kappa shape index (κ2) is 6.19. The maximum absolute atomic E-state index is 5.80. The van der Waals surface area contributed by atoms with Crippen LogP contribution >= 0.6 is 0 Å². The second-order valence-corrected chi connectivity index (χ2v) is 5.79. The number of anilines is 2. The van der Waals surface area contributed by atoms with Crippen molar-refractivity contribution in [2.75, 3.05) is 18.2 Å². The molecule has 1 heterocycles. The smallest absolute Gasteiger partial charge is 0.158 e. The van der Waals surface area contributed by atoms with Crippen molar-refractivity contribution in [2.45, 2.75) is 45.8 Å². The Balaban J connectivity index is 2.05. The van der Waals surface area contributed by atoms with Crippen molar-refractivity contribution < 1.29 is 4.74 Å². The summed E-state index contributed by atoms with van der Waals surface area (Å²) in [5.41, 5.74) is 5.80. The Morgan fingerprint density at radius 1 is 1.26 bits per heavy atom. The van der Waals surface area contributed by atoms with Crippen molar-refractivity contribution in [3.8, 4) is 0 Å². The van der Waals surface area contributed by atoms with Gasteiger partial charge in [0.05, 0.1) is 0 Å². The predicted molar refractivity (Wildman–Crippen MR) is 76.7 cm³/mol.